The SMILES string of the molecule is CC(N)CNC(=O)c1ccc(Cl)c(Cl)c1. The molecule has 1 unspecified atom stereocenters. The van der Waals surface area contributed by atoms with Gasteiger partial charge in [-0.3, -0.25) is 4.79 Å². The lowest BCUT2D eigenvalue weighted by atomic mass is 10.2. The lowest BCUT2D eigenvalue weighted by Crippen LogP contribution is -2.35. The average Bonchev–Trinajstić information content (AvgIpc) is 2.18. The number of carbonyl (C=O) groups is 1. The molecule has 0 heterocycles. The molecule has 0 fully saturated rings. The van der Waals surface area contributed by atoms with Gasteiger partial charge in [0.15, 0.2) is 0 Å². The molecule has 0 spiro atoms. The monoisotopic (exact) mass is 246 g/mol. The second-order valence-corrected chi connectivity index (χ2v) is 4.13. The fraction of sp³-hybridized carbons (Fsp3) is 0.300. The summed E-state index contributed by atoms with van der Waals surface area (Å²) in [6, 6.07) is 4.66. The Morgan fingerprint density at radius 3 is 2.67 bits per heavy atom. The maximum Gasteiger partial charge on any atom is 0.251 e. The van der Waals surface area contributed by atoms with Crippen molar-refractivity contribution in [3.8, 4) is 0 Å². The Balaban J connectivity index is 2.70. The van der Waals surface area contributed by atoms with E-state index in [2.05, 4.69) is 5.32 Å². The van der Waals surface area contributed by atoms with E-state index < -0.39 is 0 Å². The second kappa shape index (κ2) is 5.35. The fourth-order valence-corrected chi connectivity index (χ4v) is 1.29. The van der Waals surface area contributed by atoms with Gasteiger partial charge < -0.3 is 11.1 Å². The van der Waals surface area contributed by atoms with Gasteiger partial charge in [-0.15, -0.1) is 0 Å². The number of nitrogens with two attached hydrogens (primary N) is 1. The molecule has 0 radical (unpaired) electrons. The van der Waals surface area contributed by atoms with Gasteiger partial charge in [0.05, 0.1) is 10.0 Å². The van der Waals surface area contributed by atoms with Crippen molar-refractivity contribution in [2.45, 2.75) is 13.0 Å². The first-order chi connectivity index (χ1) is 7.00. The van der Waals surface area contributed by atoms with E-state index in [0.29, 0.717) is 22.2 Å². The van der Waals surface area contributed by atoms with Crippen LogP contribution < -0.4 is 11.1 Å². The van der Waals surface area contributed by atoms with Gasteiger partial charge in [-0.05, 0) is 25.1 Å². The molecule has 0 saturated heterocycles. The van der Waals surface area contributed by atoms with Crippen molar-refractivity contribution in [3.05, 3.63) is 33.8 Å². The minimum Gasteiger partial charge on any atom is -0.350 e. The molecule has 3 nitrogen and oxygen atoms in total. The molecule has 0 aromatic heterocycles. The van der Waals surface area contributed by atoms with E-state index >= 15 is 0 Å². The third-order valence-corrected chi connectivity index (χ3v) is 2.51. The molecule has 3 N–H and O–H groups in total. The van der Waals surface area contributed by atoms with Crippen molar-refractivity contribution in [2.24, 2.45) is 5.73 Å². The molecule has 1 aromatic carbocycles. The standard InChI is InChI=1S/C10H12Cl2N2O/c1-6(13)5-14-10(15)7-2-3-8(11)9(12)4-7/h2-4,6H,5,13H2,1H3,(H,14,15). The van der Waals surface area contributed by atoms with Crippen LogP contribution in [0.4, 0.5) is 0 Å². The first-order valence-electron chi connectivity index (χ1n) is 4.49. The highest BCUT2D eigenvalue weighted by atomic mass is 35.5. The van der Waals surface area contributed by atoms with E-state index in [0.717, 1.165) is 0 Å². The molecule has 5 heteroatoms. The van der Waals surface area contributed by atoms with Crippen molar-refractivity contribution in [1.29, 1.82) is 0 Å². The van der Waals surface area contributed by atoms with Crippen LogP contribution in [0.1, 0.15) is 17.3 Å². The maximum atomic E-state index is 11.5. The molecule has 0 bridgehead atoms. The van der Waals surface area contributed by atoms with Gasteiger partial charge in [-0.1, -0.05) is 23.2 Å². The van der Waals surface area contributed by atoms with Crippen molar-refractivity contribution in [2.75, 3.05) is 6.54 Å². The third-order valence-electron chi connectivity index (χ3n) is 1.77. The number of benzene rings is 1. The smallest absolute Gasteiger partial charge is 0.251 e. The highest BCUT2D eigenvalue weighted by molar-refractivity contribution is 6.42. The molecule has 82 valence electrons. The normalized spacial score (nSPS) is 12.3. The lowest BCUT2D eigenvalue weighted by Gasteiger charge is -2.08. The Labute approximate surface area is 98.5 Å². The molecule has 1 aromatic rings. The van der Waals surface area contributed by atoms with Crippen LogP contribution in [0.5, 0.6) is 0 Å². The number of hydrogen-bond donors (Lipinski definition) is 2. The zero-order chi connectivity index (χ0) is 11.4. The molecule has 1 rings (SSSR count). The Morgan fingerprint density at radius 2 is 2.13 bits per heavy atom. The summed E-state index contributed by atoms with van der Waals surface area (Å²) in [5, 5.41) is 3.48. The first-order valence-corrected chi connectivity index (χ1v) is 5.25. The average molecular weight is 247 g/mol. The van der Waals surface area contributed by atoms with Gasteiger partial charge in [0.25, 0.3) is 5.91 Å². The summed E-state index contributed by atoms with van der Waals surface area (Å²) in [4.78, 5) is 11.5. The fourth-order valence-electron chi connectivity index (χ4n) is 0.993. The Kier molecular flexibility index (Phi) is 4.39. The van der Waals surface area contributed by atoms with Crippen molar-refractivity contribution in [1.82, 2.24) is 5.32 Å². The molecule has 0 aliphatic rings. The van der Waals surface area contributed by atoms with Gasteiger partial charge in [0.2, 0.25) is 0 Å². The zero-order valence-corrected chi connectivity index (χ0v) is 9.77. The number of rotatable bonds is 3. The van der Waals surface area contributed by atoms with Gasteiger partial charge in [-0.2, -0.15) is 0 Å². The summed E-state index contributed by atoms with van der Waals surface area (Å²) in [5.41, 5.74) is 5.99. The number of amides is 1. The number of nitrogens with one attached hydrogen (secondary N) is 1. The van der Waals surface area contributed by atoms with E-state index in [1.165, 1.54) is 6.07 Å². The largest absolute Gasteiger partial charge is 0.350 e. The van der Waals surface area contributed by atoms with Gasteiger partial charge >= 0.3 is 0 Å². The van der Waals surface area contributed by atoms with Crippen LogP contribution in [0.15, 0.2) is 18.2 Å². The number of carbonyl (C=O) groups excluding carboxylic acids is 1. The topological polar surface area (TPSA) is 55.1 Å². The summed E-state index contributed by atoms with van der Waals surface area (Å²) in [6.07, 6.45) is 0. The van der Waals surface area contributed by atoms with Crippen LogP contribution >= 0.6 is 23.2 Å². The van der Waals surface area contributed by atoms with Crippen LogP contribution in [-0.4, -0.2) is 18.5 Å². The minimum atomic E-state index is -0.203. The summed E-state index contributed by atoms with van der Waals surface area (Å²) in [6.45, 7) is 2.24. The van der Waals surface area contributed by atoms with Crippen LogP contribution in [0.2, 0.25) is 10.0 Å². The van der Waals surface area contributed by atoms with Crippen LogP contribution in [0.25, 0.3) is 0 Å². The third kappa shape index (κ3) is 3.70. The zero-order valence-electron chi connectivity index (χ0n) is 8.26. The van der Waals surface area contributed by atoms with Crippen molar-refractivity contribution >= 4 is 29.1 Å². The lowest BCUT2D eigenvalue weighted by molar-refractivity contribution is 0.0951. The minimum absolute atomic E-state index is 0.0725. The predicted octanol–water partition coefficient (Wildman–Crippen LogP) is 2.07. The van der Waals surface area contributed by atoms with Gasteiger partial charge in [0, 0.05) is 18.2 Å². The van der Waals surface area contributed by atoms with E-state index in [9.17, 15) is 4.79 Å². The quantitative estimate of drug-likeness (QED) is 0.859. The maximum absolute atomic E-state index is 11.5. The Hall–Kier alpha value is -0.770. The Morgan fingerprint density at radius 1 is 1.47 bits per heavy atom. The van der Waals surface area contributed by atoms with Crippen LogP contribution in [-0.2, 0) is 0 Å². The Bertz CT molecular complexity index is 366. The van der Waals surface area contributed by atoms with Gasteiger partial charge in [0.1, 0.15) is 0 Å². The molecular formula is C10H12Cl2N2O. The van der Waals surface area contributed by atoms with E-state index in [-0.39, 0.29) is 11.9 Å². The predicted molar refractivity (Wildman–Crippen MR) is 62.4 cm³/mol. The molecule has 15 heavy (non-hydrogen) atoms. The summed E-state index contributed by atoms with van der Waals surface area (Å²) < 4.78 is 0. The highest BCUT2D eigenvalue weighted by Crippen LogP contribution is 2.22. The van der Waals surface area contributed by atoms with Crippen molar-refractivity contribution in [3.63, 3.8) is 0 Å². The van der Waals surface area contributed by atoms with Crippen LogP contribution in [0.3, 0.4) is 0 Å². The first kappa shape index (κ1) is 12.3. The molecule has 0 saturated carbocycles. The van der Waals surface area contributed by atoms with E-state index in [1.807, 2.05) is 6.92 Å². The second-order valence-electron chi connectivity index (χ2n) is 3.32. The number of hydrogen-bond acceptors (Lipinski definition) is 2. The molecule has 1 amide bonds. The highest BCUT2D eigenvalue weighted by Gasteiger charge is 2.07. The van der Waals surface area contributed by atoms with E-state index in [1.54, 1.807) is 12.1 Å². The summed E-state index contributed by atoms with van der Waals surface area (Å²) >= 11 is 11.5. The summed E-state index contributed by atoms with van der Waals surface area (Å²) in [5.74, 6) is -0.203. The van der Waals surface area contributed by atoms with Crippen molar-refractivity contribution < 1.29 is 4.79 Å². The molecule has 0 aliphatic carbocycles. The van der Waals surface area contributed by atoms with Crippen LogP contribution in [0, 0.1) is 0 Å². The molecular weight excluding hydrogens is 235 g/mol. The van der Waals surface area contributed by atoms with E-state index in [4.69, 9.17) is 28.9 Å². The molecule has 0 aliphatic heterocycles. The molecule has 1 atom stereocenters. The number of halogens is 2. The summed E-state index contributed by atoms with van der Waals surface area (Å²) in [7, 11) is 0. The van der Waals surface area contributed by atoms with Gasteiger partial charge in [-0.25, -0.2) is 0 Å².